The van der Waals surface area contributed by atoms with E-state index >= 15 is 0 Å². The minimum Gasteiger partial charge on any atom is -0.322 e. The van der Waals surface area contributed by atoms with Gasteiger partial charge in [-0.2, -0.15) is 0 Å². The lowest BCUT2D eigenvalue weighted by atomic mass is 10.1. The Bertz CT molecular complexity index is 1140. The quantitative estimate of drug-likeness (QED) is 0.303. The van der Waals surface area contributed by atoms with Gasteiger partial charge in [-0.3, -0.25) is 19.7 Å². The summed E-state index contributed by atoms with van der Waals surface area (Å²) in [4.78, 5) is 38.5. The third kappa shape index (κ3) is 5.27. The molecule has 0 saturated carbocycles. The van der Waals surface area contributed by atoms with E-state index in [2.05, 4.69) is 15.6 Å². The van der Waals surface area contributed by atoms with Gasteiger partial charge in [0.1, 0.15) is 5.69 Å². The lowest BCUT2D eigenvalue weighted by Crippen LogP contribution is -2.13. The number of benzene rings is 2. The minimum absolute atomic E-state index is 0.0102. The van der Waals surface area contributed by atoms with Crippen molar-refractivity contribution in [2.24, 2.45) is 0 Å². The highest BCUT2D eigenvalue weighted by molar-refractivity contribution is 8.01. The number of thioether (sulfide) groups is 1. The lowest BCUT2D eigenvalue weighted by Gasteiger charge is -2.08. The minimum atomic E-state index is -2.43. The third-order valence-electron chi connectivity index (χ3n) is 3.73. The predicted octanol–water partition coefficient (Wildman–Crippen LogP) is 4.77. The second-order valence-corrected chi connectivity index (χ2v) is 8.29. The van der Waals surface area contributed by atoms with E-state index in [4.69, 9.17) is 0 Å². The number of nitro groups is 1. The maximum Gasteiger partial charge on any atom is 0.293 e. The summed E-state index contributed by atoms with van der Waals surface area (Å²) in [6.45, 7) is 1.22. The first-order valence-electron chi connectivity index (χ1n) is 8.42. The van der Waals surface area contributed by atoms with Crippen molar-refractivity contribution in [3.63, 3.8) is 0 Å². The molecule has 0 atom stereocenters. The number of halogens is 2. The van der Waals surface area contributed by atoms with Crippen LogP contribution in [-0.2, 0) is 4.79 Å². The SMILES string of the molecule is CC(=O)Nc1ccc(C(=O)Nc2ccc3nc(SCC(F)F)sc3c2)cc1[N+](=O)[O-]. The first-order chi connectivity index (χ1) is 14.2. The number of anilines is 2. The molecule has 3 rings (SSSR count). The number of carbonyl (C=O) groups is 2. The van der Waals surface area contributed by atoms with Crippen molar-refractivity contribution >= 4 is 62.2 Å². The number of amides is 2. The molecule has 0 fully saturated rings. The average Bonchev–Trinajstić information content (AvgIpc) is 3.08. The van der Waals surface area contributed by atoms with Crippen LogP contribution in [0.3, 0.4) is 0 Å². The van der Waals surface area contributed by atoms with E-state index < -0.39 is 28.9 Å². The van der Waals surface area contributed by atoms with E-state index in [0.29, 0.717) is 20.2 Å². The molecule has 8 nitrogen and oxygen atoms in total. The van der Waals surface area contributed by atoms with Gasteiger partial charge in [0, 0.05) is 24.2 Å². The normalized spacial score (nSPS) is 10.9. The van der Waals surface area contributed by atoms with E-state index in [1.807, 2.05) is 0 Å². The Labute approximate surface area is 176 Å². The Morgan fingerprint density at radius 1 is 1.23 bits per heavy atom. The van der Waals surface area contributed by atoms with Crippen LogP contribution in [0.1, 0.15) is 17.3 Å². The van der Waals surface area contributed by atoms with Crippen molar-refractivity contribution in [3.05, 3.63) is 52.1 Å². The Hall–Kier alpha value is -3.12. The van der Waals surface area contributed by atoms with E-state index in [1.54, 1.807) is 18.2 Å². The van der Waals surface area contributed by atoms with Gasteiger partial charge in [0.2, 0.25) is 12.3 Å². The van der Waals surface area contributed by atoms with Crippen molar-refractivity contribution in [2.75, 3.05) is 16.4 Å². The highest BCUT2D eigenvalue weighted by Crippen LogP contribution is 2.32. The summed E-state index contributed by atoms with van der Waals surface area (Å²) < 4.78 is 25.9. The number of fused-ring (bicyclic) bond motifs is 1. The van der Waals surface area contributed by atoms with Gasteiger partial charge < -0.3 is 10.6 Å². The van der Waals surface area contributed by atoms with Crippen LogP contribution in [-0.4, -0.2) is 33.9 Å². The molecule has 0 aliphatic heterocycles. The maximum absolute atomic E-state index is 12.5. The Kier molecular flexibility index (Phi) is 6.57. The molecule has 0 aliphatic rings. The van der Waals surface area contributed by atoms with Crippen LogP contribution < -0.4 is 10.6 Å². The van der Waals surface area contributed by atoms with Crippen molar-refractivity contribution in [3.8, 4) is 0 Å². The summed E-state index contributed by atoms with van der Waals surface area (Å²) >= 11 is 2.18. The predicted molar refractivity (Wildman–Crippen MR) is 112 cm³/mol. The number of nitrogens with one attached hydrogen (secondary N) is 2. The number of hydrogen-bond acceptors (Lipinski definition) is 7. The second kappa shape index (κ2) is 9.13. The Balaban J connectivity index is 1.79. The zero-order valence-electron chi connectivity index (χ0n) is 15.3. The second-order valence-electron chi connectivity index (χ2n) is 5.99. The number of nitrogens with zero attached hydrogens (tertiary/aromatic N) is 2. The van der Waals surface area contributed by atoms with E-state index in [-0.39, 0.29) is 17.0 Å². The number of nitro benzene ring substituents is 1. The van der Waals surface area contributed by atoms with E-state index in [0.717, 1.165) is 17.8 Å². The molecule has 30 heavy (non-hydrogen) atoms. The van der Waals surface area contributed by atoms with Crippen molar-refractivity contribution < 1.29 is 23.3 Å². The molecule has 0 unspecified atom stereocenters. The average molecular weight is 452 g/mol. The number of alkyl halides is 2. The van der Waals surface area contributed by atoms with Gasteiger partial charge in [-0.25, -0.2) is 13.8 Å². The molecule has 156 valence electrons. The molecule has 0 saturated heterocycles. The number of carbonyl (C=O) groups excluding carboxylic acids is 2. The lowest BCUT2D eigenvalue weighted by molar-refractivity contribution is -0.384. The Morgan fingerprint density at radius 3 is 2.67 bits per heavy atom. The number of rotatable bonds is 7. The number of thiazole rings is 1. The van der Waals surface area contributed by atoms with Crippen LogP contribution in [0.5, 0.6) is 0 Å². The van der Waals surface area contributed by atoms with Crippen molar-refractivity contribution in [1.29, 1.82) is 0 Å². The molecule has 2 aromatic carbocycles. The monoisotopic (exact) mass is 452 g/mol. The van der Waals surface area contributed by atoms with Crippen molar-refractivity contribution in [1.82, 2.24) is 4.98 Å². The largest absolute Gasteiger partial charge is 0.322 e. The van der Waals surface area contributed by atoms with Crippen LogP contribution in [0.4, 0.5) is 25.8 Å². The topological polar surface area (TPSA) is 114 Å². The molecule has 1 heterocycles. The van der Waals surface area contributed by atoms with Gasteiger partial charge in [-0.1, -0.05) is 11.8 Å². The summed E-state index contributed by atoms with van der Waals surface area (Å²) in [5.74, 6) is -1.40. The molecule has 0 bridgehead atoms. The summed E-state index contributed by atoms with van der Waals surface area (Å²) in [5, 5.41) is 16.2. The molecule has 1 aromatic heterocycles. The van der Waals surface area contributed by atoms with Crippen LogP contribution >= 0.6 is 23.1 Å². The van der Waals surface area contributed by atoms with Gasteiger partial charge in [0.25, 0.3) is 11.6 Å². The van der Waals surface area contributed by atoms with Crippen LogP contribution in [0.2, 0.25) is 0 Å². The van der Waals surface area contributed by atoms with Crippen LogP contribution in [0.25, 0.3) is 10.2 Å². The smallest absolute Gasteiger partial charge is 0.293 e. The fourth-order valence-corrected chi connectivity index (χ4v) is 4.38. The molecular formula is C18H14F2N4O4S2. The summed E-state index contributed by atoms with van der Waals surface area (Å²) in [7, 11) is 0. The van der Waals surface area contributed by atoms with Gasteiger partial charge in [-0.05, 0) is 30.3 Å². The molecular weight excluding hydrogens is 438 g/mol. The molecule has 3 aromatic rings. The molecule has 0 spiro atoms. The van der Waals surface area contributed by atoms with E-state index in [9.17, 15) is 28.5 Å². The fourth-order valence-electron chi connectivity index (χ4n) is 2.50. The van der Waals surface area contributed by atoms with Crippen LogP contribution in [0, 0.1) is 10.1 Å². The molecule has 0 aliphatic carbocycles. The van der Waals surface area contributed by atoms with Gasteiger partial charge >= 0.3 is 0 Å². The first kappa shape index (κ1) is 21.6. The van der Waals surface area contributed by atoms with Crippen LogP contribution in [0.15, 0.2) is 40.7 Å². The summed E-state index contributed by atoms with van der Waals surface area (Å²) in [5.41, 5.74) is 0.661. The molecule has 2 amide bonds. The summed E-state index contributed by atoms with van der Waals surface area (Å²) in [6, 6.07) is 8.62. The third-order valence-corrected chi connectivity index (χ3v) is 5.90. The molecule has 2 N–H and O–H groups in total. The maximum atomic E-state index is 12.5. The standard InChI is InChI=1S/C18H14F2N4O4S2/c1-9(25)21-12-4-2-10(6-14(12)24(27)28)17(26)22-11-3-5-13-15(7-11)30-18(23-13)29-8-16(19)20/h2-7,16H,8H2,1H3,(H,21,25)(H,22,26). The highest BCUT2D eigenvalue weighted by Gasteiger charge is 2.19. The molecule has 12 heteroatoms. The summed E-state index contributed by atoms with van der Waals surface area (Å²) in [6.07, 6.45) is -2.43. The van der Waals surface area contributed by atoms with Crippen molar-refractivity contribution in [2.45, 2.75) is 17.7 Å². The first-order valence-corrected chi connectivity index (χ1v) is 10.2. The zero-order valence-corrected chi connectivity index (χ0v) is 17.0. The molecule has 0 radical (unpaired) electrons. The van der Waals surface area contributed by atoms with Gasteiger partial charge in [0.05, 0.1) is 20.9 Å². The fraction of sp³-hybridized carbons (Fsp3) is 0.167. The highest BCUT2D eigenvalue weighted by atomic mass is 32.2. The van der Waals surface area contributed by atoms with E-state index in [1.165, 1.54) is 30.4 Å². The Morgan fingerprint density at radius 2 is 2.00 bits per heavy atom. The van der Waals surface area contributed by atoms with Gasteiger partial charge in [-0.15, -0.1) is 11.3 Å². The number of aromatic nitrogens is 1. The zero-order chi connectivity index (χ0) is 21.8. The number of hydrogen-bond donors (Lipinski definition) is 2. The van der Waals surface area contributed by atoms with Gasteiger partial charge in [0.15, 0.2) is 4.34 Å².